The molecule has 0 radical (unpaired) electrons. The summed E-state index contributed by atoms with van der Waals surface area (Å²) in [7, 11) is 1.74. The number of hydrogen-bond donors (Lipinski definition) is 1. The Morgan fingerprint density at radius 3 is 2.69 bits per heavy atom. The van der Waals surface area contributed by atoms with Gasteiger partial charge in [0, 0.05) is 30.2 Å². The second kappa shape index (κ2) is 4.51. The van der Waals surface area contributed by atoms with Crippen molar-refractivity contribution in [3.05, 3.63) is 34.1 Å². The van der Waals surface area contributed by atoms with Crippen LogP contribution in [-0.2, 0) is 0 Å². The van der Waals surface area contributed by atoms with Crippen molar-refractivity contribution >= 4 is 21.8 Å². The number of nitrogens with one attached hydrogen (secondary N) is 1. The van der Waals surface area contributed by atoms with Crippen LogP contribution in [-0.4, -0.2) is 37.0 Å². The Morgan fingerprint density at radius 2 is 2.19 bits per heavy atom. The quantitative estimate of drug-likeness (QED) is 0.896. The lowest BCUT2D eigenvalue weighted by atomic mass is 10.1. The normalized spacial score (nSPS) is 15.7. The maximum absolute atomic E-state index is 13.1. The lowest BCUT2D eigenvalue weighted by Crippen LogP contribution is -2.57. The highest BCUT2D eigenvalue weighted by Crippen LogP contribution is 2.17. The Bertz CT molecular complexity index is 400. The third-order valence-electron chi connectivity index (χ3n) is 2.74. The van der Waals surface area contributed by atoms with Crippen molar-refractivity contribution in [3.8, 4) is 0 Å². The van der Waals surface area contributed by atoms with Gasteiger partial charge >= 0.3 is 0 Å². The van der Waals surface area contributed by atoms with Crippen molar-refractivity contribution in [1.82, 2.24) is 10.2 Å². The van der Waals surface area contributed by atoms with Crippen LogP contribution >= 0.6 is 15.9 Å². The summed E-state index contributed by atoms with van der Waals surface area (Å²) in [5.41, 5.74) is 0.376. The lowest BCUT2D eigenvalue weighted by molar-refractivity contribution is 0.0680. The molecule has 16 heavy (non-hydrogen) atoms. The zero-order valence-electron chi connectivity index (χ0n) is 8.84. The third-order valence-corrected chi connectivity index (χ3v) is 3.20. The molecule has 1 aliphatic heterocycles. The Labute approximate surface area is 102 Å². The predicted octanol–water partition coefficient (Wildman–Crippen LogP) is 1.63. The van der Waals surface area contributed by atoms with Gasteiger partial charge in [-0.15, -0.1) is 0 Å². The molecule has 1 amide bonds. The van der Waals surface area contributed by atoms with Crippen LogP contribution in [0.1, 0.15) is 10.4 Å². The highest BCUT2D eigenvalue weighted by molar-refractivity contribution is 9.10. The van der Waals surface area contributed by atoms with Crippen molar-refractivity contribution < 1.29 is 9.18 Å². The molecule has 3 nitrogen and oxygen atoms in total. The highest BCUT2D eigenvalue weighted by atomic mass is 79.9. The maximum atomic E-state index is 13.1. The zero-order valence-corrected chi connectivity index (χ0v) is 10.4. The fourth-order valence-corrected chi connectivity index (χ4v) is 2.06. The van der Waals surface area contributed by atoms with Gasteiger partial charge in [-0.05, 0) is 18.2 Å². The summed E-state index contributed by atoms with van der Waals surface area (Å²) in [5.74, 6) is -0.551. The Balaban J connectivity index is 2.19. The number of amides is 1. The number of rotatable bonds is 2. The van der Waals surface area contributed by atoms with Crippen molar-refractivity contribution in [2.75, 3.05) is 20.1 Å². The molecule has 0 aromatic heterocycles. The van der Waals surface area contributed by atoms with Gasteiger partial charge in [0.1, 0.15) is 5.82 Å². The minimum absolute atomic E-state index is 0.147. The van der Waals surface area contributed by atoms with Gasteiger partial charge in [0.15, 0.2) is 0 Å². The maximum Gasteiger partial charge on any atom is 0.254 e. The molecular formula is C11H12BrFN2O. The van der Waals surface area contributed by atoms with Crippen molar-refractivity contribution in [2.45, 2.75) is 6.04 Å². The number of nitrogens with zero attached hydrogens (tertiary/aromatic N) is 1. The Morgan fingerprint density at radius 1 is 1.50 bits per heavy atom. The van der Waals surface area contributed by atoms with E-state index >= 15 is 0 Å². The van der Waals surface area contributed by atoms with Gasteiger partial charge in [-0.1, -0.05) is 15.9 Å². The molecule has 0 unspecified atom stereocenters. The first-order chi connectivity index (χ1) is 7.58. The van der Waals surface area contributed by atoms with Gasteiger partial charge in [0.05, 0.1) is 6.04 Å². The van der Waals surface area contributed by atoms with Crippen molar-refractivity contribution in [3.63, 3.8) is 0 Å². The van der Waals surface area contributed by atoms with Crippen molar-refractivity contribution in [2.24, 2.45) is 0 Å². The Kier molecular flexibility index (Phi) is 3.25. The molecule has 0 saturated carbocycles. The van der Waals surface area contributed by atoms with Gasteiger partial charge in [-0.25, -0.2) is 4.39 Å². The molecule has 5 heteroatoms. The average molecular weight is 287 g/mol. The van der Waals surface area contributed by atoms with E-state index in [1.807, 2.05) is 0 Å². The summed E-state index contributed by atoms with van der Waals surface area (Å²) < 4.78 is 13.7. The van der Waals surface area contributed by atoms with E-state index in [2.05, 4.69) is 21.2 Å². The number of likely N-dealkylation sites (N-methyl/N-ethyl adjacent to an activating group) is 1. The molecule has 1 heterocycles. The smallest absolute Gasteiger partial charge is 0.254 e. The summed E-state index contributed by atoms with van der Waals surface area (Å²) in [6.45, 7) is 1.61. The molecule has 1 fully saturated rings. The standard InChI is InChI=1S/C11H12BrFN2O/c1-15(10-5-14-6-10)11(16)7-2-8(12)4-9(13)3-7/h2-4,10,14H,5-6H2,1H3. The van der Waals surface area contributed by atoms with Crippen LogP contribution in [0.4, 0.5) is 4.39 Å². The molecule has 0 spiro atoms. The summed E-state index contributed by atoms with van der Waals surface area (Å²) in [5, 5.41) is 3.09. The van der Waals surface area contributed by atoms with E-state index in [1.165, 1.54) is 12.1 Å². The van der Waals surface area contributed by atoms with Crippen LogP contribution in [0.3, 0.4) is 0 Å². The molecule has 1 aromatic rings. The summed E-state index contributed by atoms with van der Waals surface area (Å²) in [4.78, 5) is 13.6. The Hall–Kier alpha value is -0.940. The molecule has 2 rings (SSSR count). The number of carbonyl (C=O) groups is 1. The lowest BCUT2D eigenvalue weighted by Gasteiger charge is -2.35. The monoisotopic (exact) mass is 286 g/mol. The van der Waals surface area contributed by atoms with E-state index in [0.29, 0.717) is 10.0 Å². The molecule has 1 N–H and O–H groups in total. The minimum atomic E-state index is -0.405. The summed E-state index contributed by atoms with van der Waals surface area (Å²) in [6, 6.07) is 4.44. The van der Waals surface area contributed by atoms with E-state index in [1.54, 1.807) is 18.0 Å². The number of halogens is 2. The van der Waals surface area contributed by atoms with Crippen molar-refractivity contribution in [1.29, 1.82) is 0 Å². The largest absolute Gasteiger partial charge is 0.336 e. The van der Waals surface area contributed by atoms with E-state index in [4.69, 9.17) is 0 Å². The van der Waals surface area contributed by atoms with Gasteiger partial charge in [0.25, 0.3) is 5.91 Å². The second-order valence-electron chi connectivity index (χ2n) is 3.89. The molecule has 0 aliphatic carbocycles. The summed E-state index contributed by atoms with van der Waals surface area (Å²) in [6.07, 6.45) is 0. The van der Waals surface area contributed by atoms with Gasteiger partial charge in [0.2, 0.25) is 0 Å². The van der Waals surface area contributed by atoms with Crippen LogP contribution in [0.5, 0.6) is 0 Å². The van der Waals surface area contributed by atoms with Crippen LogP contribution in [0.2, 0.25) is 0 Å². The molecule has 1 saturated heterocycles. The van der Waals surface area contributed by atoms with Crippen LogP contribution in [0.25, 0.3) is 0 Å². The van der Waals surface area contributed by atoms with Crippen LogP contribution in [0, 0.1) is 5.82 Å². The van der Waals surface area contributed by atoms with Gasteiger partial charge in [-0.3, -0.25) is 4.79 Å². The van der Waals surface area contributed by atoms with Gasteiger partial charge in [-0.2, -0.15) is 0 Å². The van der Waals surface area contributed by atoms with Crippen LogP contribution in [0.15, 0.2) is 22.7 Å². The first kappa shape index (κ1) is 11.5. The van der Waals surface area contributed by atoms with E-state index < -0.39 is 5.82 Å². The molecule has 0 atom stereocenters. The molecular weight excluding hydrogens is 275 g/mol. The average Bonchev–Trinajstić information content (AvgIpc) is 2.12. The molecule has 1 aliphatic rings. The number of benzene rings is 1. The van der Waals surface area contributed by atoms with E-state index in [9.17, 15) is 9.18 Å². The first-order valence-corrected chi connectivity index (χ1v) is 5.81. The number of hydrogen-bond acceptors (Lipinski definition) is 2. The van der Waals surface area contributed by atoms with Gasteiger partial charge < -0.3 is 10.2 Å². The van der Waals surface area contributed by atoms with Crippen LogP contribution < -0.4 is 5.32 Å². The topological polar surface area (TPSA) is 32.3 Å². The first-order valence-electron chi connectivity index (χ1n) is 5.02. The molecule has 1 aromatic carbocycles. The minimum Gasteiger partial charge on any atom is -0.336 e. The molecule has 0 bridgehead atoms. The number of carbonyl (C=O) groups excluding carboxylic acids is 1. The SMILES string of the molecule is CN(C(=O)c1cc(F)cc(Br)c1)C1CNC1. The fourth-order valence-electron chi connectivity index (χ4n) is 1.59. The zero-order chi connectivity index (χ0) is 11.7. The molecule has 86 valence electrons. The fraction of sp³-hybridized carbons (Fsp3) is 0.364. The third kappa shape index (κ3) is 2.25. The predicted molar refractivity (Wildman–Crippen MR) is 62.9 cm³/mol. The second-order valence-corrected chi connectivity index (χ2v) is 4.80. The summed E-state index contributed by atoms with van der Waals surface area (Å²) >= 11 is 3.18. The van der Waals surface area contributed by atoms with E-state index in [0.717, 1.165) is 13.1 Å². The van der Waals surface area contributed by atoms with E-state index in [-0.39, 0.29) is 11.9 Å². The highest BCUT2D eigenvalue weighted by Gasteiger charge is 2.26.